The molecular weight excluding hydrogens is 428 g/mol. The van der Waals surface area contributed by atoms with E-state index in [1.165, 1.54) is 25.0 Å². The van der Waals surface area contributed by atoms with Gasteiger partial charge in [0.05, 0.1) is 4.90 Å². The van der Waals surface area contributed by atoms with Gasteiger partial charge in [0.15, 0.2) is 11.5 Å². The van der Waals surface area contributed by atoms with E-state index in [-0.39, 0.29) is 23.3 Å². The van der Waals surface area contributed by atoms with Crippen molar-refractivity contribution in [3.05, 3.63) is 54.1 Å². The van der Waals surface area contributed by atoms with E-state index in [1.54, 1.807) is 6.07 Å². The highest BCUT2D eigenvalue weighted by Gasteiger charge is 2.29. The topological polar surface area (TPSA) is 93.7 Å². The van der Waals surface area contributed by atoms with Crippen molar-refractivity contribution in [3.63, 3.8) is 0 Å². The van der Waals surface area contributed by atoms with Crippen molar-refractivity contribution in [3.8, 4) is 11.5 Å². The number of hydrogen-bond acceptors (Lipinski definition) is 5. The van der Waals surface area contributed by atoms with Crippen LogP contribution in [0.1, 0.15) is 44.1 Å². The highest BCUT2D eigenvalue weighted by molar-refractivity contribution is 7.89. The van der Waals surface area contributed by atoms with Crippen LogP contribution in [0.3, 0.4) is 0 Å². The van der Waals surface area contributed by atoms with Crippen molar-refractivity contribution in [1.82, 2.24) is 10.0 Å². The van der Waals surface area contributed by atoms with E-state index in [4.69, 9.17) is 9.47 Å². The molecule has 172 valence electrons. The zero-order chi connectivity index (χ0) is 22.4. The molecule has 2 aromatic carbocycles. The first-order chi connectivity index (χ1) is 15.5. The molecule has 1 unspecified atom stereocenters. The number of benzene rings is 2. The molecule has 4 rings (SSSR count). The fraction of sp³-hybridized carbons (Fsp3) is 0.458. The molecule has 1 aliphatic carbocycles. The molecule has 0 spiro atoms. The second-order valence-corrected chi connectivity index (χ2v) is 10.1. The zero-order valence-electron chi connectivity index (χ0n) is 18.1. The van der Waals surface area contributed by atoms with Crippen LogP contribution < -0.4 is 19.5 Å². The second-order valence-electron chi connectivity index (χ2n) is 8.37. The van der Waals surface area contributed by atoms with Crippen molar-refractivity contribution >= 4 is 15.9 Å². The van der Waals surface area contributed by atoms with Crippen LogP contribution in [0.15, 0.2) is 53.4 Å². The number of rotatable bonds is 7. The Morgan fingerprint density at radius 1 is 0.938 bits per heavy atom. The summed E-state index contributed by atoms with van der Waals surface area (Å²) in [4.78, 5) is 13.2. The van der Waals surface area contributed by atoms with Crippen LogP contribution in [0.25, 0.3) is 0 Å². The fourth-order valence-corrected chi connectivity index (χ4v) is 5.42. The fourth-order valence-electron chi connectivity index (χ4n) is 4.21. The van der Waals surface area contributed by atoms with Gasteiger partial charge in [-0.05, 0) is 37.0 Å². The number of fused-ring (bicyclic) bond motifs is 1. The molecule has 1 saturated carbocycles. The van der Waals surface area contributed by atoms with Gasteiger partial charge in [0, 0.05) is 12.1 Å². The van der Waals surface area contributed by atoms with Crippen LogP contribution in [-0.4, -0.2) is 39.6 Å². The van der Waals surface area contributed by atoms with E-state index in [9.17, 15) is 13.2 Å². The SMILES string of the molecule is O=C(NC1CCCCCC1)C(Cc1ccccc1)NS(=O)(=O)c1ccc2c(c1)OCCO2. The van der Waals surface area contributed by atoms with Crippen molar-refractivity contribution in [2.45, 2.75) is 61.9 Å². The van der Waals surface area contributed by atoms with Crippen molar-refractivity contribution in [2.24, 2.45) is 0 Å². The predicted molar refractivity (Wildman–Crippen MR) is 121 cm³/mol. The van der Waals surface area contributed by atoms with E-state index in [0.29, 0.717) is 24.7 Å². The monoisotopic (exact) mass is 458 g/mol. The maximum Gasteiger partial charge on any atom is 0.241 e. The number of ether oxygens (including phenoxy) is 2. The molecule has 0 aromatic heterocycles. The van der Waals surface area contributed by atoms with Crippen molar-refractivity contribution in [2.75, 3.05) is 13.2 Å². The summed E-state index contributed by atoms with van der Waals surface area (Å²) < 4.78 is 40.0. The molecule has 7 nitrogen and oxygen atoms in total. The maximum absolute atomic E-state index is 13.2. The van der Waals surface area contributed by atoms with E-state index < -0.39 is 16.1 Å². The molecule has 0 radical (unpaired) electrons. The number of sulfonamides is 1. The summed E-state index contributed by atoms with van der Waals surface area (Å²) in [6.45, 7) is 0.794. The van der Waals surface area contributed by atoms with Gasteiger partial charge in [-0.15, -0.1) is 0 Å². The average Bonchev–Trinajstić information content (AvgIpc) is 3.07. The number of carbonyl (C=O) groups is 1. The molecule has 2 aliphatic rings. The molecule has 0 bridgehead atoms. The molecule has 1 heterocycles. The molecule has 1 fully saturated rings. The highest BCUT2D eigenvalue weighted by Crippen LogP contribution is 2.32. The lowest BCUT2D eigenvalue weighted by molar-refractivity contribution is -0.123. The third-order valence-electron chi connectivity index (χ3n) is 5.92. The lowest BCUT2D eigenvalue weighted by Crippen LogP contribution is -2.50. The number of amides is 1. The molecule has 2 aromatic rings. The van der Waals surface area contributed by atoms with Gasteiger partial charge in [0.25, 0.3) is 0 Å². The quantitative estimate of drug-likeness (QED) is 0.622. The van der Waals surface area contributed by atoms with Gasteiger partial charge in [-0.25, -0.2) is 8.42 Å². The van der Waals surface area contributed by atoms with Gasteiger partial charge in [-0.1, -0.05) is 56.0 Å². The Balaban J connectivity index is 1.54. The Kier molecular flexibility index (Phi) is 7.32. The third kappa shape index (κ3) is 5.81. The Bertz CT molecular complexity index is 1020. The summed E-state index contributed by atoms with van der Waals surface area (Å²) in [6, 6.07) is 13.1. The highest BCUT2D eigenvalue weighted by atomic mass is 32.2. The first-order valence-corrected chi connectivity index (χ1v) is 12.8. The van der Waals surface area contributed by atoms with E-state index in [1.807, 2.05) is 30.3 Å². The van der Waals surface area contributed by atoms with Crippen molar-refractivity contribution in [1.29, 1.82) is 0 Å². The summed E-state index contributed by atoms with van der Waals surface area (Å²) in [5, 5.41) is 3.09. The summed E-state index contributed by atoms with van der Waals surface area (Å²) >= 11 is 0. The third-order valence-corrected chi connectivity index (χ3v) is 7.39. The Labute approximate surface area is 189 Å². The summed E-state index contributed by atoms with van der Waals surface area (Å²) in [6.07, 6.45) is 6.64. The van der Waals surface area contributed by atoms with Crippen molar-refractivity contribution < 1.29 is 22.7 Å². The van der Waals surface area contributed by atoms with Gasteiger partial charge < -0.3 is 14.8 Å². The molecule has 1 amide bonds. The summed E-state index contributed by atoms with van der Waals surface area (Å²) in [7, 11) is -3.95. The zero-order valence-corrected chi connectivity index (χ0v) is 18.9. The van der Waals surface area contributed by atoms with Crippen LogP contribution in [0.5, 0.6) is 11.5 Å². The predicted octanol–water partition coefficient (Wildman–Crippen LogP) is 3.19. The Hall–Kier alpha value is -2.58. The van der Waals surface area contributed by atoms with E-state index >= 15 is 0 Å². The smallest absolute Gasteiger partial charge is 0.241 e. The number of hydrogen-bond donors (Lipinski definition) is 2. The molecule has 0 saturated heterocycles. The Morgan fingerprint density at radius 3 is 2.34 bits per heavy atom. The number of nitrogens with one attached hydrogen (secondary N) is 2. The lowest BCUT2D eigenvalue weighted by Gasteiger charge is -2.23. The first-order valence-electron chi connectivity index (χ1n) is 11.3. The van der Waals surface area contributed by atoms with Gasteiger partial charge in [0.1, 0.15) is 19.3 Å². The van der Waals surface area contributed by atoms with Crippen LogP contribution in [0.2, 0.25) is 0 Å². The molecule has 8 heteroatoms. The standard InChI is InChI=1S/C24H30N2O5S/c27-24(25-19-10-6-1-2-7-11-19)21(16-18-8-4-3-5-9-18)26-32(28,29)20-12-13-22-23(17-20)31-15-14-30-22/h3-5,8-9,12-13,17,19,21,26H,1-2,6-7,10-11,14-16H2,(H,25,27). The largest absolute Gasteiger partial charge is 0.486 e. The lowest BCUT2D eigenvalue weighted by atomic mass is 10.0. The number of carbonyl (C=O) groups excluding carboxylic acids is 1. The van der Waals surface area contributed by atoms with Gasteiger partial charge >= 0.3 is 0 Å². The molecule has 32 heavy (non-hydrogen) atoms. The molecule has 1 atom stereocenters. The second kappa shape index (κ2) is 10.4. The van der Waals surface area contributed by atoms with Gasteiger partial charge in [-0.3, -0.25) is 4.79 Å². The van der Waals surface area contributed by atoms with E-state index in [2.05, 4.69) is 10.0 Å². The van der Waals surface area contributed by atoms with Crippen LogP contribution in [0.4, 0.5) is 0 Å². The molecule has 2 N–H and O–H groups in total. The van der Waals surface area contributed by atoms with Gasteiger partial charge in [-0.2, -0.15) is 4.72 Å². The summed E-state index contributed by atoms with van der Waals surface area (Å²) in [5.74, 6) is 0.616. The van der Waals surface area contributed by atoms with Crippen LogP contribution in [0, 0.1) is 0 Å². The Morgan fingerprint density at radius 2 is 1.62 bits per heavy atom. The van der Waals surface area contributed by atoms with Crippen LogP contribution in [-0.2, 0) is 21.2 Å². The average molecular weight is 459 g/mol. The van der Waals surface area contributed by atoms with Crippen LogP contribution >= 0.6 is 0 Å². The maximum atomic E-state index is 13.2. The first kappa shape index (κ1) is 22.6. The molecular formula is C24H30N2O5S. The normalized spacial score (nSPS) is 17.9. The minimum absolute atomic E-state index is 0.0436. The minimum Gasteiger partial charge on any atom is -0.486 e. The molecule has 1 aliphatic heterocycles. The summed E-state index contributed by atoms with van der Waals surface area (Å²) in [5.41, 5.74) is 0.887. The minimum atomic E-state index is -3.95. The van der Waals surface area contributed by atoms with E-state index in [0.717, 1.165) is 31.2 Å². The van der Waals surface area contributed by atoms with Gasteiger partial charge in [0.2, 0.25) is 15.9 Å².